The van der Waals surface area contributed by atoms with Crippen molar-refractivity contribution < 1.29 is 18.7 Å². The number of Topliss-reactive ketones (excluding diaryl/α,β-unsaturated/α-hetero) is 1. The van der Waals surface area contributed by atoms with E-state index in [0.29, 0.717) is 6.42 Å². The van der Waals surface area contributed by atoms with Gasteiger partial charge in [0.25, 0.3) is 0 Å². The summed E-state index contributed by atoms with van der Waals surface area (Å²) in [5.74, 6) is 0.672. The summed E-state index contributed by atoms with van der Waals surface area (Å²) in [5.41, 5.74) is -1.87. The molecule has 140 valence electrons. The first-order chi connectivity index (χ1) is 11.3. The van der Waals surface area contributed by atoms with Gasteiger partial charge < -0.3 is 13.9 Å². The summed E-state index contributed by atoms with van der Waals surface area (Å²) in [7, 11) is -0.498. The van der Waals surface area contributed by atoms with Crippen LogP contribution < -0.4 is 0 Å². The van der Waals surface area contributed by atoms with E-state index < -0.39 is 31.5 Å². The number of hydrogen-bond donors (Lipinski definition) is 0. The number of ketones is 1. The van der Waals surface area contributed by atoms with Gasteiger partial charge in [-0.15, -0.1) is 0 Å². The van der Waals surface area contributed by atoms with Crippen molar-refractivity contribution in [3.05, 3.63) is 11.8 Å². The maximum atomic E-state index is 12.9. The summed E-state index contributed by atoms with van der Waals surface area (Å²) < 4.78 is 18.2. The van der Waals surface area contributed by atoms with Crippen molar-refractivity contribution in [2.45, 2.75) is 83.4 Å². The zero-order valence-electron chi connectivity index (χ0n) is 16.7. The molecular formula is C19H31NO4Si. The molecule has 1 aliphatic carbocycles. The number of fused-ring (bicyclic) bond motifs is 1. The first-order valence-corrected chi connectivity index (χ1v) is 11.7. The molecule has 2 aliphatic rings. The molecule has 5 nitrogen and oxygen atoms in total. The lowest BCUT2D eigenvalue weighted by Crippen LogP contribution is -2.61. The normalized spacial score (nSPS) is 32.4. The van der Waals surface area contributed by atoms with Gasteiger partial charge in [0.15, 0.2) is 11.2 Å². The van der Waals surface area contributed by atoms with Gasteiger partial charge in [0, 0.05) is 20.0 Å². The van der Waals surface area contributed by atoms with Gasteiger partial charge in [0.1, 0.15) is 6.10 Å². The average Bonchev–Trinajstić information content (AvgIpc) is 2.43. The van der Waals surface area contributed by atoms with Gasteiger partial charge in [-0.1, -0.05) is 20.8 Å². The molecule has 0 saturated carbocycles. The van der Waals surface area contributed by atoms with Crippen molar-refractivity contribution in [2.24, 2.45) is 5.41 Å². The first kappa shape index (κ1) is 20.2. The average molecular weight is 366 g/mol. The molecule has 0 bridgehead atoms. The zero-order chi connectivity index (χ0) is 19.3. The predicted molar refractivity (Wildman–Crippen MR) is 98.4 cm³/mol. The molecule has 1 fully saturated rings. The Kier molecular flexibility index (Phi) is 5.02. The van der Waals surface area contributed by atoms with Crippen LogP contribution in [0.4, 0.5) is 0 Å². The molecular weight excluding hydrogens is 334 g/mol. The Labute approximate surface area is 152 Å². The molecule has 1 heterocycles. The van der Waals surface area contributed by atoms with E-state index >= 15 is 0 Å². The standard InChI is InChI=1S/C19H31NO4Si/c1-17(2,3)25(7,8)24-13-9-15(22-6)19(12-20)14(21)11-18(4,5)23-16(19)10-13/h9,15-16H,10-11H2,1-8H3/t15-,16+,19-/m0/s1. The second-order valence-electron chi connectivity index (χ2n) is 9.30. The zero-order valence-corrected chi connectivity index (χ0v) is 17.7. The molecule has 2 rings (SSSR count). The maximum Gasteiger partial charge on any atom is 0.250 e. The maximum absolute atomic E-state index is 12.9. The molecule has 0 amide bonds. The highest BCUT2D eigenvalue weighted by Crippen LogP contribution is 2.48. The van der Waals surface area contributed by atoms with Gasteiger partial charge in [-0.2, -0.15) is 5.26 Å². The first-order valence-electron chi connectivity index (χ1n) is 8.84. The number of ether oxygens (including phenoxy) is 2. The second kappa shape index (κ2) is 6.22. The van der Waals surface area contributed by atoms with Crippen LogP contribution in [-0.4, -0.2) is 39.0 Å². The van der Waals surface area contributed by atoms with Crippen LogP contribution in [0, 0.1) is 16.7 Å². The molecule has 6 heteroatoms. The van der Waals surface area contributed by atoms with E-state index in [1.54, 1.807) is 0 Å². The second-order valence-corrected chi connectivity index (χ2v) is 14.0. The SMILES string of the molecule is CO[C@H]1C=C(O[Si](C)(C)C(C)(C)C)C[C@H]2OC(C)(C)CC(=O)[C@@]12C#N. The van der Waals surface area contributed by atoms with E-state index in [0.717, 1.165) is 5.76 Å². The van der Waals surface area contributed by atoms with Crippen LogP contribution in [0.2, 0.25) is 18.1 Å². The lowest BCUT2D eigenvalue weighted by atomic mass is 9.65. The van der Waals surface area contributed by atoms with Crippen LogP contribution in [0.5, 0.6) is 0 Å². The summed E-state index contributed by atoms with van der Waals surface area (Å²) in [4.78, 5) is 12.9. The Morgan fingerprint density at radius 1 is 1.36 bits per heavy atom. The highest BCUT2D eigenvalue weighted by molar-refractivity contribution is 6.74. The fourth-order valence-corrected chi connectivity index (χ4v) is 4.45. The van der Waals surface area contributed by atoms with E-state index in [4.69, 9.17) is 13.9 Å². The van der Waals surface area contributed by atoms with E-state index in [1.807, 2.05) is 19.9 Å². The molecule has 0 unspecified atom stereocenters. The van der Waals surface area contributed by atoms with Gasteiger partial charge >= 0.3 is 0 Å². The Hall–Kier alpha value is -1.16. The van der Waals surface area contributed by atoms with Crippen molar-refractivity contribution in [1.82, 2.24) is 0 Å². The topological polar surface area (TPSA) is 68.6 Å². The Morgan fingerprint density at radius 3 is 2.44 bits per heavy atom. The summed E-state index contributed by atoms with van der Waals surface area (Å²) in [6.07, 6.45) is 1.25. The van der Waals surface area contributed by atoms with Gasteiger partial charge in [-0.3, -0.25) is 4.79 Å². The minimum atomic E-state index is -2.03. The number of hydrogen-bond acceptors (Lipinski definition) is 5. The Bertz CT molecular complexity index is 626. The van der Waals surface area contributed by atoms with E-state index in [1.165, 1.54) is 7.11 Å². The quantitative estimate of drug-likeness (QED) is 0.708. The summed E-state index contributed by atoms with van der Waals surface area (Å²) in [6.45, 7) is 14.7. The largest absolute Gasteiger partial charge is 0.547 e. The van der Waals surface area contributed by atoms with Crippen molar-refractivity contribution >= 4 is 14.1 Å². The van der Waals surface area contributed by atoms with Crippen LogP contribution in [0.3, 0.4) is 0 Å². The Morgan fingerprint density at radius 2 is 1.96 bits per heavy atom. The van der Waals surface area contributed by atoms with Crippen LogP contribution in [0.15, 0.2) is 11.8 Å². The molecule has 3 atom stereocenters. The van der Waals surface area contributed by atoms with Crippen molar-refractivity contribution in [3.63, 3.8) is 0 Å². The third-order valence-electron chi connectivity index (χ3n) is 5.82. The van der Waals surface area contributed by atoms with E-state index in [2.05, 4.69) is 39.9 Å². The van der Waals surface area contributed by atoms with Crippen LogP contribution in [0.25, 0.3) is 0 Å². The van der Waals surface area contributed by atoms with Gasteiger partial charge in [-0.05, 0) is 38.1 Å². The lowest BCUT2D eigenvalue weighted by Gasteiger charge is -2.50. The monoisotopic (exact) mass is 365 g/mol. The summed E-state index contributed by atoms with van der Waals surface area (Å²) >= 11 is 0. The smallest absolute Gasteiger partial charge is 0.250 e. The molecule has 0 aromatic rings. The molecule has 1 aliphatic heterocycles. The number of carbonyl (C=O) groups is 1. The third kappa shape index (κ3) is 3.42. The van der Waals surface area contributed by atoms with E-state index in [9.17, 15) is 10.1 Å². The molecule has 0 aromatic carbocycles. The van der Waals surface area contributed by atoms with Crippen molar-refractivity contribution in [2.75, 3.05) is 7.11 Å². The molecule has 0 spiro atoms. The fourth-order valence-electron chi connectivity index (χ4n) is 3.34. The number of carbonyl (C=O) groups excluding carboxylic acids is 1. The van der Waals surface area contributed by atoms with Crippen molar-refractivity contribution in [1.29, 1.82) is 5.26 Å². The molecule has 25 heavy (non-hydrogen) atoms. The molecule has 0 N–H and O–H groups in total. The number of nitriles is 1. The van der Waals surface area contributed by atoms with Gasteiger partial charge in [0.05, 0.1) is 23.5 Å². The van der Waals surface area contributed by atoms with Crippen LogP contribution in [-0.2, 0) is 18.7 Å². The lowest BCUT2D eigenvalue weighted by molar-refractivity contribution is -0.190. The minimum Gasteiger partial charge on any atom is -0.547 e. The van der Waals surface area contributed by atoms with Crippen LogP contribution in [0.1, 0.15) is 47.5 Å². The van der Waals surface area contributed by atoms with Gasteiger partial charge in [-0.25, -0.2) is 0 Å². The Balaban J connectivity index is 2.43. The highest BCUT2D eigenvalue weighted by Gasteiger charge is 2.60. The third-order valence-corrected chi connectivity index (χ3v) is 10.2. The number of nitrogens with zero attached hydrogens (tertiary/aromatic N) is 1. The van der Waals surface area contributed by atoms with Crippen LogP contribution >= 0.6 is 0 Å². The number of rotatable bonds is 3. The summed E-state index contributed by atoms with van der Waals surface area (Å²) in [5, 5.41) is 9.93. The molecule has 0 aromatic heterocycles. The molecule has 0 radical (unpaired) electrons. The highest BCUT2D eigenvalue weighted by atomic mass is 28.4. The summed E-state index contributed by atoms with van der Waals surface area (Å²) in [6, 6.07) is 2.23. The van der Waals surface area contributed by atoms with Gasteiger partial charge in [0.2, 0.25) is 8.32 Å². The van der Waals surface area contributed by atoms with Crippen molar-refractivity contribution in [3.8, 4) is 6.07 Å². The number of methoxy groups -OCH3 is 1. The minimum absolute atomic E-state index is 0.0582. The molecule has 1 saturated heterocycles. The fraction of sp³-hybridized carbons (Fsp3) is 0.789. The van der Waals surface area contributed by atoms with E-state index in [-0.39, 0.29) is 17.2 Å². The predicted octanol–water partition coefficient (Wildman–Crippen LogP) is 3.96.